The van der Waals surface area contributed by atoms with Crippen molar-refractivity contribution in [3.05, 3.63) is 47.7 Å². The molecule has 0 amide bonds. The van der Waals surface area contributed by atoms with E-state index in [1.54, 1.807) is 12.3 Å². The third-order valence-electron chi connectivity index (χ3n) is 10.0. The highest BCUT2D eigenvalue weighted by Crippen LogP contribution is 2.42. The number of hydrogen-bond donors (Lipinski definition) is 1. The molecule has 4 saturated heterocycles. The first-order chi connectivity index (χ1) is 21.3. The van der Waals surface area contributed by atoms with E-state index in [0.717, 1.165) is 25.8 Å². The summed E-state index contributed by atoms with van der Waals surface area (Å²) in [5, 5.41) is 12.1. The van der Waals surface area contributed by atoms with E-state index in [4.69, 9.17) is 14.5 Å². The number of ether oxygens (including phenoxy) is 2. The van der Waals surface area contributed by atoms with Crippen LogP contribution >= 0.6 is 0 Å². The highest BCUT2D eigenvalue weighted by molar-refractivity contribution is 6.01. The number of aryl methyl sites for hydroxylation is 1. The average Bonchev–Trinajstić information content (AvgIpc) is 3.66. The molecular formula is C33H34F3N5O3. The van der Waals surface area contributed by atoms with E-state index in [1.165, 1.54) is 18.2 Å². The SMILES string of the molecule is CCc1c(F)ccc2cc(O)cc(-c3ncc4c(N5C[C@@H]6CO[C@@H](C6)C5)nc(OC[C@@]56CCCN5C[C@H](F)C6)nc4c3F)c12. The van der Waals surface area contributed by atoms with E-state index in [-0.39, 0.29) is 41.2 Å². The Morgan fingerprint density at radius 2 is 2.05 bits per heavy atom. The van der Waals surface area contributed by atoms with E-state index in [2.05, 4.69) is 19.8 Å². The third kappa shape index (κ3) is 4.46. The summed E-state index contributed by atoms with van der Waals surface area (Å²) >= 11 is 0. The van der Waals surface area contributed by atoms with Crippen LogP contribution in [0.1, 0.15) is 38.2 Å². The van der Waals surface area contributed by atoms with Crippen molar-refractivity contribution in [1.29, 1.82) is 0 Å². The maximum absolute atomic E-state index is 16.8. The number of alkyl halides is 1. The molecule has 0 spiro atoms. The lowest BCUT2D eigenvalue weighted by Gasteiger charge is -2.33. The van der Waals surface area contributed by atoms with Gasteiger partial charge < -0.3 is 19.5 Å². The van der Waals surface area contributed by atoms with Gasteiger partial charge in [-0.1, -0.05) is 13.0 Å². The number of hydrogen-bond acceptors (Lipinski definition) is 8. The Morgan fingerprint density at radius 1 is 1.16 bits per heavy atom. The summed E-state index contributed by atoms with van der Waals surface area (Å²) in [4.78, 5) is 18.1. The number of benzene rings is 2. The van der Waals surface area contributed by atoms with Crippen LogP contribution in [0.15, 0.2) is 30.5 Å². The Morgan fingerprint density at radius 3 is 2.89 bits per heavy atom. The van der Waals surface area contributed by atoms with Crippen molar-refractivity contribution in [2.75, 3.05) is 44.3 Å². The smallest absolute Gasteiger partial charge is 0.319 e. The summed E-state index contributed by atoms with van der Waals surface area (Å²) in [5.74, 6) is -0.345. The number of pyridine rings is 1. The molecule has 4 fully saturated rings. The second-order valence-electron chi connectivity index (χ2n) is 12.8. The Hall–Kier alpha value is -3.70. The molecule has 8 nitrogen and oxygen atoms in total. The number of halogens is 3. The Kier molecular flexibility index (Phi) is 6.60. The van der Waals surface area contributed by atoms with Crippen molar-refractivity contribution in [2.24, 2.45) is 5.92 Å². The van der Waals surface area contributed by atoms with Crippen LogP contribution in [-0.4, -0.2) is 82.2 Å². The number of piperidine rings is 1. The molecule has 4 atom stereocenters. The molecule has 6 heterocycles. The number of rotatable bonds is 6. The van der Waals surface area contributed by atoms with Crippen LogP contribution in [0.5, 0.6) is 11.8 Å². The molecule has 0 radical (unpaired) electrons. The van der Waals surface area contributed by atoms with E-state index in [1.807, 2.05) is 6.92 Å². The zero-order valence-electron chi connectivity index (χ0n) is 24.5. The van der Waals surface area contributed by atoms with Gasteiger partial charge in [0.15, 0.2) is 5.82 Å². The van der Waals surface area contributed by atoms with E-state index < -0.39 is 23.3 Å². The molecule has 4 aliphatic rings. The minimum atomic E-state index is -0.906. The normalized spacial score (nSPS) is 26.6. The summed E-state index contributed by atoms with van der Waals surface area (Å²) in [6.45, 7) is 5.23. The van der Waals surface area contributed by atoms with Crippen molar-refractivity contribution in [1.82, 2.24) is 19.9 Å². The monoisotopic (exact) mass is 605 g/mol. The van der Waals surface area contributed by atoms with Gasteiger partial charge in [0, 0.05) is 43.7 Å². The molecule has 44 heavy (non-hydrogen) atoms. The quantitative estimate of drug-likeness (QED) is 0.306. The molecular weight excluding hydrogens is 571 g/mol. The van der Waals surface area contributed by atoms with Gasteiger partial charge in [0.2, 0.25) is 0 Å². The topological polar surface area (TPSA) is 83.8 Å². The molecule has 4 aromatic rings. The van der Waals surface area contributed by atoms with Crippen molar-refractivity contribution in [3.8, 4) is 23.0 Å². The predicted octanol–water partition coefficient (Wildman–Crippen LogP) is 5.57. The number of anilines is 1. The summed E-state index contributed by atoms with van der Waals surface area (Å²) in [5.41, 5.74) is 0.253. The lowest BCUT2D eigenvalue weighted by molar-refractivity contribution is 0.107. The van der Waals surface area contributed by atoms with Gasteiger partial charge in [-0.2, -0.15) is 9.97 Å². The molecule has 1 N–H and O–H groups in total. The Balaban J connectivity index is 1.27. The molecule has 0 aliphatic carbocycles. The maximum atomic E-state index is 16.8. The molecule has 0 unspecified atom stereocenters. The van der Waals surface area contributed by atoms with Crippen LogP contribution < -0.4 is 9.64 Å². The number of aromatic hydroxyl groups is 1. The lowest BCUT2D eigenvalue weighted by atomic mass is 9.94. The minimum absolute atomic E-state index is 0.0204. The molecule has 0 saturated carbocycles. The van der Waals surface area contributed by atoms with Crippen LogP contribution in [0.2, 0.25) is 0 Å². The third-order valence-corrected chi connectivity index (χ3v) is 10.0. The lowest BCUT2D eigenvalue weighted by Crippen LogP contribution is -2.43. The fourth-order valence-corrected chi connectivity index (χ4v) is 8.03. The first-order valence-corrected chi connectivity index (χ1v) is 15.5. The molecule has 8 rings (SSSR count). The molecule has 2 bridgehead atoms. The van der Waals surface area contributed by atoms with Gasteiger partial charge in [0.1, 0.15) is 41.4 Å². The Bertz CT molecular complexity index is 1780. The average molecular weight is 606 g/mol. The number of phenols is 1. The number of fused-ring (bicyclic) bond motifs is 5. The summed E-state index contributed by atoms with van der Waals surface area (Å²) < 4.78 is 58.3. The zero-order valence-corrected chi connectivity index (χ0v) is 24.5. The van der Waals surface area contributed by atoms with Crippen molar-refractivity contribution >= 4 is 27.5 Å². The standard InChI is InChI=1S/C33H34F3N5O3/c1-2-23-26(35)5-4-19-9-21(42)10-24(27(19)23)29-28(36)30-25(12-37-29)31(40-13-18-8-22(15-40)43-16-18)39-32(38-30)44-17-33-6-3-7-41(33)14-20(34)11-33/h4-5,9-10,12,18,20,22,42H,2-3,6-8,11,13-17H2,1H3/t18-,20-,22+,33+/m1/s1. The molecule has 2 aromatic carbocycles. The maximum Gasteiger partial charge on any atom is 0.319 e. The van der Waals surface area contributed by atoms with E-state index in [0.29, 0.717) is 72.5 Å². The van der Waals surface area contributed by atoms with Crippen LogP contribution in [0.4, 0.5) is 19.0 Å². The van der Waals surface area contributed by atoms with Crippen LogP contribution in [0.3, 0.4) is 0 Å². The predicted molar refractivity (Wildman–Crippen MR) is 160 cm³/mol. The van der Waals surface area contributed by atoms with Gasteiger partial charge in [0.25, 0.3) is 0 Å². The molecule has 2 aromatic heterocycles. The van der Waals surface area contributed by atoms with Gasteiger partial charge in [-0.3, -0.25) is 9.88 Å². The van der Waals surface area contributed by atoms with Crippen molar-refractivity contribution < 1.29 is 27.8 Å². The van der Waals surface area contributed by atoms with Gasteiger partial charge in [-0.15, -0.1) is 0 Å². The molecule has 230 valence electrons. The van der Waals surface area contributed by atoms with Crippen LogP contribution in [0.25, 0.3) is 32.9 Å². The zero-order chi connectivity index (χ0) is 30.2. The number of nitrogens with zero attached hydrogens (tertiary/aromatic N) is 5. The minimum Gasteiger partial charge on any atom is -0.508 e. The van der Waals surface area contributed by atoms with Crippen LogP contribution in [-0.2, 0) is 11.2 Å². The van der Waals surface area contributed by atoms with Crippen LogP contribution in [0, 0.1) is 17.6 Å². The van der Waals surface area contributed by atoms with Gasteiger partial charge in [-0.25, -0.2) is 13.2 Å². The second kappa shape index (κ2) is 10.4. The van der Waals surface area contributed by atoms with Crippen molar-refractivity contribution in [2.45, 2.75) is 56.8 Å². The molecule has 11 heteroatoms. The fourth-order valence-electron chi connectivity index (χ4n) is 8.03. The van der Waals surface area contributed by atoms with E-state index >= 15 is 4.39 Å². The second-order valence-corrected chi connectivity index (χ2v) is 12.8. The first kappa shape index (κ1) is 27.8. The highest BCUT2D eigenvalue weighted by Gasteiger charge is 2.49. The number of phenolic OH excluding ortho intramolecular Hbond substituents is 1. The summed E-state index contributed by atoms with van der Waals surface area (Å²) in [7, 11) is 0. The Labute approximate surface area is 252 Å². The highest BCUT2D eigenvalue weighted by atomic mass is 19.1. The first-order valence-electron chi connectivity index (χ1n) is 15.5. The van der Waals surface area contributed by atoms with Crippen molar-refractivity contribution in [3.63, 3.8) is 0 Å². The largest absolute Gasteiger partial charge is 0.508 e. The van der Waals surface area contributed by atoms with Gasteiger partial charge in [0.05, 0.1) is 23.6 Å². The van der Waals surface area contributed by atoms with Gasteiger partial charge >= 0.3 is 6.01 Å². The van der Waals surface area contributed by atoms with Gasteiger partial charge in [-0.05, 0) is 66.8 Å². The fraction of sp³-hybridized carbons (Fsp3) is 0.485. The molecule has 4 aliphatic heterocycles. The number of aromatic nitrogens is 3. The summed E-state index contributed by atoms with van der Waals surface area (Å²) in [6.07, 6.45) is 4.24. The van der Waals surface area contributed by atoms with E-state index in [9.17, 15) is 13.9 Å². The summed E-state index contributed by atoms with van der Waals surface area (Å²) in [6, 6.07) is 5.90.